The van der Waals surface area contributed by atoms with E-state index < -0.39 is 56.9 Å². The van der Waals surface area contributed by atoms with Gasteiger partial charge in [0.1, 0.15) is 18.3 Å². The molecule has 0 aliphatic rings. The zero-order valence-electron chi connectivity index (χ0n) is 27.2. The second-order valence-electron chi connectivity index (χ2n) is 11.4. The van der Waals surface area contributed by atoms with Crippen LogP contribution in [0.15, 0.2) is 108 Å². The third-order valence-electron chi connectivity index (χ3n) is 7.91. The second kappa shape index (κ2) is 16.2. The van der Waals surface area contributed by atoms with Gasteiger partial charge in [-0.05, 0) is 66.9 Å². The fourth-order valence-electron chi connectivity index (χ4n) is 5.10. The lowest BCUT2D eigenvalue weighted by Crippen LogP contribution is -2.54. The molecule has 2 amide bonds. The Hall–Kier alpha value is -4.55. The molecular weight excluding hydrogens is 679 g/mol. The molecule has 0 bridgehead atoms. The summed E-state index contributed by atoms with van der Waals surface area (Å²) in [6.45, 7) is 2.64. The molecule has 2 atom stereocenters. The summed E-state index contributed by atoms with van der Waals surface area (Å²) in [6.07, 6.45) is -4.23. The number of hydrogen-bond donors (Lipinski definition) is 1. The van der Waals surface area contributed by atoms with E-state index >= 15 is 0 Å². The Morgan fingerprint density at radius 3 is 2.14 bits per heavy atom. The lowest BCUT2D eigenvalue weighted by molar-refractivity contribution is -0.140. The number of carbonyl (C=O) groups excluding carboxylic acids is 2. The summed E-state index contributed by atoms with van der Waals surface area (Å²) in [5.74, 6) is -0.813. The summed E-state index contributed by atoms with van der Waals surface area (Å²) in [6, 6.07) is 24.1. The number of nitrogens with zero attached hydrogens (tertiary/aromatic N) is 2. The third-order valence-corrected chi connectivity index (χ3v) is 10.0. The van der Waals surface area contributed by atoms with Crippen LogP contribution < -0.4 is 14.4 Å². The Labute approximate surface area is 289 Å². The minimum Gasteiger partial charge on any atom is -0.497 e. The quantitative estimate of drug-likeness (QED) is 0.150. The molecule has 0 heterocycles. The van der Waals surface area contributed by atoms with E-state index in [1.54, 1.807) is 54.6 Å². The van der Waals surface area contributed by atoms with E-state index in [0.717, 1.165) is 17.7 Å². The largest absolute Gasteiger partial charge is 0.497 e. The number of amides is 2. The number of hydrogen-bond acceptors (Lipinski definition) is 5. The van der Waals surface area contributed by atoms with Crippen LogP contribution in [0.5, 0.6) is 5.75 Å². The Morgan fingerprint density at radius 2 is 1.53 bits per heavy atom. The highest BCUT2D eigenvalue weighted by Crippen LogP contribution is 2.38. The molecule has 260 valence electrons. The van der Waals surface area contributed by atoms with E-state index in [0.29, 0.717) is 28.1 Å². The first-order valence-electron chi connectivity index (χ1n) is 15.5. The van der Waals surface area contributed by atoms with Crippen molar-refractivity contribution in [3.8, 4) is 5.75 Å². The molecule has 0 aliphatic heterocycles. The van der Waals surface area contributed by atoms with E-state index in [2.05, 4.69) is 5.32 Å². The molecule has 0 saturated heterocycles. The molecule has 0 radical (unpaired) electrons. The van der Waals surface area contributed by atoms with Crippen molar-refractivity contribution in [2.45, 2.75) is 56.4 Å². The van der Waals surface area contributed by atoms with Gasteiger partial charge in [-0.1, -0.05) is 79.2 Å². The molecule has 0 aliphatic carbocycles. The van der Waals surface area contributed by atoms with Crippen LogP contribution in [-0.2, 0) is 38.8 Å². The fraction of sp³-hybridized carbons (Fsp3) is 0.278. The van der Waals surface area contributed by atoms with Gasteiger partial charge in [-0.3, -0.25) is 13.9 Å². The Balaban J connectivity index is 1.87. The SMILES string of the molecule is CC[C@@H](C)NC(=O)[C@@H](Cc1ccccc1)N(Cc1cccc(OC)c1)C(=O)CN(c1ccc(Cl)c(C(F)(F)F)c1)S(=O)(=O)c1ccccc1. The van der Waals surface area contributed by atoms with E-state index in [9.17, 15) is 31.2 Å². The fourth-order valence-corrected chi connectivity index (χ4v) is 6.75. The number of methoxy groups -OCH3 is 1. The van der Waals surface area contributed by atoms with Crippen LogP contribution in [0.25, 0.3) is 0 Å². The van der Waals surface area contributed by atoms with E-state index in [-0.39, 0.29) is 23.9 Å². The van der Waals surface area contributed by atoms with Crippen molar-refractivity contribution in [1.29, 1.82) is 0 Å². The van der Waals surface area contributed by atoms with Gasteiger partial charge in [0.05, 0.1) is 28.3 Å². The number of ether oxygens (including phenoxy) is 1. The highest BCUT2D eigenvalue weighted by atomic mass is 35.5. The summed E-state index contributed by atoms with van der Waals surface area (Å²) >= 11 is 5.88. The Morgan fingerprint density at radius 1 is 0.898 bits per heavy atom. The highest BCUT2D eigenvalue weighted by Gasteiger charge is 2.38. The second-order valence-corrected chi connectivity index (χ2v) is 13.7. The Kier molecular flexibility index (Phi) is 12.3. The smallest absolute Gasteiger partial charge is 0.417 e. The normalized spacial score (nSPS) is 12.9. The van der Waals surface area contributed by atoms with Crippen LogP contribution in [0, 0.1) is 0 Å². The van der Waals surface area contributed by atoms with Crippen molar-refractivity contribution in [2.75, 3.05) is 18.0 Å². The molecule has 1 N–H and O–H groups in total. The Bertz CT molecular complexity index is 1840. The van der Waals surface area contributed by atoms with Gasteiger partial charge in [0.15, 0.2) is 0 Å². The predicted octanol–water partition coefficient (Wildman–Crippen LogP) is 7.12. The maximum atomic E-state index is 14.6. The van der Waals surface area contributed by atoms with Gasteiger partial charge in [0.2, 0.25) is 11.8 Å². The summed E-state index contributed by atoms with van der Waals surface area (Å²) in [5.41, 5.74) is -0.392. The number of nitrogens with one attached hydrogen (secondary N) is 1. The summed E-state index contributed by atoms with van der Waals surface area (Å²) < 4.78 is 76.1. The molecule has 49 heavy (non-hydrogen) atoms. The predicted molar refractivity (Wildman–Crippen MR) is 183 cm³/mol. The van der Waals surface area contributed by atoms with E-state index in [4.69, 9.17) is 16.3 Å². The molecule has 0 spiro atoms. The maximum absolute atomic E-state index is 14.6. The molecule has 4 aromatic rings. The number of rotatable bonds is 14. The van der Waals surface area contributed by atoms with Gasteiger partial charge in [-0.2, -0.15) is 13.2 Å². The van der Waals surface area contributed by atoms with Crippen LogP contribution in [-0.4, -0.2) is 50.9 Å². The van der Waals surface area contributed by atoms with Gasteiger partial charge in [-0.25, -0.2) is 8.42 Å². The molecule has 4 aromatic carbocycles. The summed E-state index contributed by atoms with van der Waals surface area (Å²) in [7, 11) is -3.13. The summed E-state index contributed by atoms with van der Waals surface area (Å²) in [4.78, 5) is 29.5. The molecule has 13 heteroatoms. The molecule has 0 fully saturated rings. The average Bonchev–Trinajstić information content (AvgIpc) is 3.09. The number of anilines is 1. The summed E-state index contributed by atoms with van der Waals surface area (Å²) in [5, 5.41) is 2.30. The van der Waals surface area contributed by atoms with Crippen molar-refractivity contribution in [3.05, 3.63) is 125 Å². The average molecular weight is 716 g/mol. The standard InChI is InChI=1S/C36H37ClF3N3O5S/c1-4-25(2)41-35(45)33(21-26-12-7-5-8-13-26)42(23-27-14-11-15-29(20-27)48-3)34(44)24-43(49(46,47)30-16-9-6-10-17-30)28-18-19-32(37)31(22-28)36(38,39)40/h5-20,22,25,33H,4,21,23-24H2,1-3H3,(H,41,45)/t25-,33-/m1/s1. The zero-order valence-corrected chi connectivity index (χ0v) is 28.7. The maximum Gasteiger partial charge on any atom is 0.417 e. The van der Waals surface area contributed by atoms with Crippen LogP contribution in [0.1, 0.15) is 37.0 Å². The zero-order chi connectivity index (χ0) is 35.8. The van der Waals surface area contributed by atoms with Crippen LogP contribution in [0.2, 0.25) is 5.02 Å². The topological polar surface area (TPSA) is 96.0 Å². The lowest BCUT2D eigenvalue weighted by atomic mass is 10.0. The van der Waals surface area contributed by atoms with Crippen molar-refractivity contribution >= 4 is 39.1 Å². The molecule has 0 aromatic heterocycles. The van der Waals surface area contributed by atoms with Gasteiger partial charge >= 0.3 is 6.18 Å². The first-order valence-corrected chi connectivity index (χ1v) is 17.3. The number of benzene rings is 4. The van der Waals surface area contributed by atoms with E-state index in [1.807, 2.05) is 19.9 Å². The van der Waals surface area contributed by atoms with Crippen LogP contribution >= 0.6 is 11.6 Å². The first kappa shape index (κ1) is 37.3. The first-order chi connectivity index (χ1) is 23.2. The van der Waals surface area contributed by atoms with Crippen molar-refractivity contribution in [2.24, 2.45) is 0 Å². The van der Waals surface area contributed by atoms with Gasteiger partial charge in [0.25, 0.3) is 10.0 Å². The van der Waals surface area contributed by atoms with E-state index in [1.165, 1.54) is 36.3 Å². The van der Waals surface area contributed by atoms with Crippen molar-refractivity contribution < 1.29 is 35.9 Å². The molecule has 0 unspecified atom stereocenters. The number of alkyl halides is 3. The highest BCUT2D eigenvalue weighted by molar-refractivity contribution is 7.92. The van der Waals surface area contributed by atoms with Crippen LogP contribution in [0.4, 0.5) is 18.9 Å². The monoisotopic (exact) mass is 715 g/mol. The van der Waals surface area contributed by atoms with Gasteiger partial charge in [0, 0.05) is 19.0 Å². The molecule has 8 nitrogen and oxygen atoms in total. The number of sulfonamides is 1. The minimum absolute atomic E-state index is 0.0728. The van der Waals surface area contributed by atoms with Crippen molar-refractivity contribution in [3.63, 3.8) is 0 Å². The van der Waals surface area contributed by atoms with Crippen molar-refractivity contribution in [1.82, 2.24) is 10.2 Å². The molecule has 4 rings (SSSR count). The van der Waals surface area contributed by atoms with Crippen LogP contribution in [0.3, 0.4) is 0 Å². The number of carbonyl (C=O) groups is 2. The van der Waals surface area contributed by atoms with Gasteiger partial charge < -0.3 is 15.0 Å². The van der Waals surface area contributed by atoms with Gasteiger partial charge in [-0.15, -0.1) is 0 Å². The number of halogens is 4. The molecular formula is C36H37ClF3N3O5S. The minimum atomic E-state index is -4.91. The third kappa shape index (κ3) is 9.54. The lowest BCUT2D eigenvalue weighted by Gasteiger charge is -2.34. The molecule has 0 saturated carbocycles.